The van der Waals surface area contributed by atoms with Crippen LogP contribution in [0.15, 0.2) is 18.2 Å². The highest BCUT2D eigenvalue weighted by molar-refractivity contribution is 5.48. The highest BCUT2D eigenvalue weighted by Gasteiger charge is 2.17. The standard InChI is InChI=1S/C14H22N2O4/c1-10-5-6-12(16(18)19)13(7-10)20-9-11(17)8-15-14(2,3)4/h5-7,11,15,17H,8-9H2,1-4H3. The van der Waals surface area contributed by atoms with Gasteiger partial charge in [0, 0.05) is 18.2 Å². The molecule has 1 aromatic rings. The Hall–Kier alpha value is -1.66. The molecule has 0 fully saturated rings. The van der Waals surface area contributed by atoms with Gasteiger partial charge in [0.05, 0.1) is 4.92 Å². The van der Waals surface area contributed by atoms with Gasteiger partial charge in [0.25, 0.3) is 0 Å². The first-order valence-electron chi connectivity index (χ1n) is 6.50. The van der Waals surface area contributed by atoms with E-state index in [1.165, 1.54) is 6.07 Å². The lowest BCUT2D eigenvalue weighted by Crippen LogP contribution is -2.42. The smallest absolute Gasteiger partial charge is 0.310 e. The molecular weight excluding hydrogens is 260 g/mol. The molecule has 1 unspecified atom stereocenters. The summed E-state index contributed by atoms with van der Waals surface area (Å²) in [6, 6.07) is 4.66. The van der Waals surface area contributed by atoms with Crippen molar-refractivity contribution in [3.63, 3.8) is 0 Å². The Morgan fingerprint density at radius 2 is 2.10 bits per heavy atom. The van der Waals surface area contributed by atoms with Crippen molar-refractivity contribution in [2.24, 2.45) is 0 Å². The van der Waals surface area contributed by atoms with E-state index in [9.17, 15) is 15.2 Å². The van der Waals surface area contributed by atoms with Gasteiger partial charge in [-0.2, -0.15) is 0 Å². The molecule has 1 atom stereocenters. The Kier molecular flexibility index (Phi) is 5.47. The summed E-state index contributed by atoms with van der Waals surface area (Å²) in [5, 5.41) is 23.8. The molecule has 0 spiro atoms. The van der Waals surface area contributed by atoms with Gasteiger partial charge in [-0.25, -0.2) is 0 Å². The fourth-order valence-electron chi connectivity index (χ4n) is 1.56. The van der Waals surface area contributed by atoms with Crippen molar-refractivity contribution in [2.45, 2.75) is 39.3 Å². The lowest BCUT2D eigenvalue weighted by Gasteiger charge is -2.22. The van der Waals surface area contributed by atoms with Crippen LogP contribution in [0.1, 0.15) is 26.3 Å². The molecule has 2 N–H and O–H groups in total. The van der Waals surface area contributed by atoms with Crippen LogP contribution in [0.25, 0.3) is 0 Å². The third kappa shape index (κ3) is 5.54. The highest BCUT2D eigenvalue weighted by Crippen LogP contribution is 2.27. The van der Waals surface area contributed by atoms with Crippen LogP contribution in [0, 0.1) is 17.0 Å². The maximum absolute atomic E-state index is 10.9. The fourth-order valence-corrected chi connectivity index (χ4v) is 1.56. The van der Waals surface area contributed by atoms with Crippen LogP contribution < -0.4 is 10.1 Å². The van der Waals surface area contributed by atoms with Gasteiger partial charge < -0.3 is 15.2 Å². The molecule has 0 aliphatic rings. The van der Waals surface area contributed by atoms with Crippen LogP contribution in [0.5, 0.6) is 5.75 Å². The number of ether oxygens (including phenoxy) is 1. The van der Waals surface area contributed by atoms with Gasteiger partial charge in [-0.05, 0) is 39.3 Å². The summed E-state index contributed by atoms with van der Waals surface area (Å²) in [6.07, 6.45) is -0.727. The number of rotatable bonds is 6. The zero-order valence-corrected chi connectivity index (χ0v) is 12.3. The Morgan fingerprint density at radius 1 is 1.45 bits per heavy atom. The molecule has 20 heavy (non-hydrogen) atoms. The predicted molar refractivity (Wildman–Crippen MR) is 77.1 cm³/mol. The summed E-state index contributed by atoms with van der Waals surface area (Å²) in [5.41, 5.74) is 0.676. The summed E-state index contributed by atoms with van der Waals surface area (Å²) in [4.78, 5) is 10.4. The first-order valence-corrected chi connectivity index (χ1v) is 6.50. The van der Waals surface area contributed by atoms with Crippen LogP contribution in [-0.4, -0.2) is 34.8 Å². The Balaban J connectivity index is 2.61. The second-order valence-corrected chi connectivity index (χ2v) is 5.82. The van der Waals surface area contributed by atoms with E-state index in [4.69, 9.17) is 4.74 Å². The fraction of sp³-hybridized carbons (Fsp3) is 0.571. The molecule has 0 saturated heterocycles. The average Bonchev–Trinajstić information content (AvgIpc) is 2.32. The van der Waals surface area contributed by atoms with Crippen LogP contribution in [0.4, 0.5) is 5.69 Å². The lowest BCUT2D eigenvalue weighted by molar-refractivity contribution is -0.385. The monoisotopic (exact) mass is 282 g/mol. The molecule has 6 heteroatoms. The van der Waals surface area contributed by atoms with E-state index in [2.05, 4.69) is 5.32 Å². The number of aryl methyl sites for hydroxylation is 1. The first-order chi connectivity index (χ1) is 9.19. The Labute approximate surface area is 118 Å². The predicted octanol–water partition coefficient (Wildman–Crippen LogP) is 2.03. The molecule has 0 radical (unpaired) electrons. The van der Waals surface area contributed by atoms with Gasteiger partial charge >= 0.3 is 5.69 Å². The number of nitro groups is 1. The van der Waals surface area contributed by atoms with Crippen molar-refractivity contribution in [2.75, 3.05) is 13.2 Å². The SMILES string of the molecule is Cc1ccc([N+](=O)[O-])c(OCC(O)CNC(C)(C)C)c1. The van der Waals surface area contributed by atoms with Crippen LogP contribution in [-0.2, 0) is 0 Å². The van der Waals surface area contributed by atoms with Gasteiger partial charge in [0.15, 0.2) is 5.75 Å². The van der Waals surface area contributed by atoms with Crippen molar-refractivity contribution >= 4 is 5.69 Å². The number of nitrogens with zero attached hydrogens (tertiary/aromatic N) is 1. The molecule has 0 amide bonds. The van der Waals surface area contributed by atoms with E-state index < -0.39 is 11.0 Å². The average molecular weight is 282 g/mol. The van der Waals surface area contributed by atoms with Crippen molar-refractivity contribution in [1.29, 1.82) is 0 Å². The first kappa shape index (κ1) is 16.4. The van der Waals surface area contributed by atoms with Gasteiger partial charge in [0.2, 0.25) is 0 Å². The number of hydrogen-bond donors (Lipinski definition) is 2. The molecule has 1 aromatic carbocycles. The molecule has 6 nitrogen and oxygen atoms in total. The minimum Gasteiger partial charge on any atom is -0.484 e. The lowest BCUT2D eigenvalue weighted by atomic mass is 10.1. The number of nitrogens with one attached hydrogen (secondary N) is 1. The topological polar surface area (TPSA) is 84.6 Å². The zero-order chi connectivity index (χ0) is 15.3. The van der Waals surface area contributed by atoms with Gasteiger partial charge in [-0.15, -0.1) is 0 Å². The van der Waals surface area contributed by atoms with Gasteiger partial charge in [-0.3, -0.25) is 10.1 Å². The maximum atomic E-state index is 10.9. The molecule has 0 aliphatic carbocycles. The van der Waals surface area contributed by atoms with Crippen LogP contribution in [0.3, 0.4) is 0 Å². The molecule has 0 saturated carbocycles. The third-order valence-electron chi connectivity index (χ3n) is 2.61. The Bertz CT molecular complexity index is 469. The molecular formula is C14H22N2O4. The van der Waals surface area contributed by atoms with Gasteiger partial charge in [-0.1, -0.05) is 6.07 Å². The second kappa shape index (κ2) is 6.67. The number of benzene rings is 1. The van der Waals surface area contributed by atoms with E-state index in [-0.39, 0.29) is 23.6 Å². The maximum Gasteiger partial charge on any atom is 0.310 e. The number of aliphatic hydroxyl groups is 1. The molecule has 0 heterocycles. The zero-order valence-electron chi connectivity index (χ0n) is 12.3. The van der Waals surface area contributed by atoms with E-state index in [1.807, 2.05) is 27.7 Å². The summed E-state index contributed by atoms with van der Waals surface area (Å²) in [6.45, 7) is 8.18. The number of β-amino-alcohol motifs (C(OH)–C–C–N with tert-alkyl or cyclic N) is 1. The van der Waals surface area contributed by atoms with Crippen molar-refractivity contribution in [3.8, 4) is 5.75 Å². The summed E-state index contributed by atoms with van der Waals surface area (Å²) >= 11 is 0. The molecule has 0 aliphatic heterocycles. The van der Waals surface area contributed by atoms with Crippen LogP contribution in [0.2, 0.25) is 0 Å². The second-order valence-electron chi connectivity index (χ2n) is 5.82. The molecule has 0 bridgehead atoms. The van der Waals surface area contributed by atoms with E-state index in [0.717, 1.165) is 5.56 Å². The minimum atomic E-state index is -0.727. The van der Waals surface area contributed by atoms with Gasteiger partial charge in [0.1, 0.15) is 12.7 Å². The van der Waals surface area contributed by atoms with Crippen molar-refractivity contribution in [1.82, 2.24) is 5.32 Å². The quantitative estimate of drug-likeness (QED) is 0.616. The van der Waals surface area contributed by atoms with Crippen molar-refractivity contribution in [3.05, 3.63) is 33.9 Å². The van der Waals surface area contributed by atoms with Crippen molar-refractivity contribution < 1.29 is 14.8 Å². The largest absolute Gasteiger partial charge is 0.484 e. The summed E-state index contributed by atoms with van der Waals surface area (Å²) < 4.78 is 5.37. The minimum absolute atomic E-state index is 0.00731. The summed E-state index contributed by atoms with van der Waals surface area (Å²) in [7, 11) is 0. The molecule has 0 aromatic heterocycles. The number of nitro benzene ring substituents is 1. The third-order valence-corrected chi connectivity index (χ3v) is 2.61. The summed E-state index contributed by atoms with van der Waals surface area (Å²) in [5.74, 6) is 0.185. The normalized spacial score (nSPS) is 13.1. The highest BCUT2D eigenvalue weighted by atomic mass is 16.6. The van der Waals surface area contributed by atoms with E-state index >= 15 is 0 Å². The van der Waals surface area contributed by atoms with E-state index in [1.54, 1.807) is 12.1 Å². The molecule has 112 valence electrons. The number of hydrogen-bond acceptors (Lipinski definition) is 5. The molecule has 1 rings (SSSR count). The Morgan fingerprint density at radius 3 is 2.65 bits per heavy atom. The number of aliphatic hydroxyl groups excluding tert-OH is 1. The van der Waals surface area contributed by atoms with Crippen LogP contribution >= 0.6 is 0 Å². The van der Waals surface area contributed by atoms with E-state index in [0.29, 0.717) is 6.54 Å².